The standard InChI is InChI=1S/C20H21N3O4/c1-3-14-11-18(26-21-14)17-8-5-9-23(17)20(24)19-12-16(22-27-19)13-6-4-7-15(10-13)25-2/h4,6-7,10-12,17H,3,5,8-9H2,1-2H3/t17-/m1/s1. The Bertz CT molecular complexity index is 946. The third-order valence-electron chi connectivity index (χ3n) is 4.87. The molecule has 7 nitrogen and oxygen atoms in total. The molecular formula is C20H21N3O4. The van der Waals surface area contributed by atoms with Gasteiger partial charge >= 0.3 is 0 Å². The van der Waals surface area contributed by atoms with Crippen LogP contribution in [0, 0.1) is 0 Å². The summed E-state index contributed by atoms with van der Waals surface area (Å²) in [4.78, 5) is 14.8. The number of benzene rings is 1. The fourth-order valence-corrected chi connectivity index (χ4v) is 3.39. The normalized spacial score (nSPS) is 16.7. The quantitative estimate of drug-likeness (QED) is 0.681. The summed E-state index contributed by atoms with van der Waals surface area (Å²) in [5, 5.41) is 8.10. The number of hydrogen-bond donors (Lipinski definition) is 0. The van der Waals surface area contributed by atoms with Crippen LogP contribution in [0.4, 0.5) is 0 Å². The van der Waals surface area contributed by atoms with Gasteiger partial charge in [0.2, 0.25) is 5.76 Å². The van der Waals surface area contributed by atoms with Crippen molar-refractivity contribution in [2.75, 3.05) is 13.7 Å². The van der Waals surface area contributed by atoms with E-state index in [1.165, 1.54) is 0 Å². The lowest BCUT2D eigenvalue weighted by Crippen LogP contribution is -2.30. The van der Waals surface area contributed by atoms with Crippen LogP contribution in [0.1, 0.15) is 47.8 Å². The molecule has 4 rings (SSSR count). The van der Waals surface area contributed by atoms with E-state index in [0.717, 1.165) is 42.0 Å². The van der Waals surface area contributed by atoms with Crippen molar-refractivity contribution in [3.05, 3.63) is 53.6 Å². The van der Waals surface area contributed by atoms with Gasteiger partial charge in [-0.25, -0.2) is 0 Å². The molecule has 3 aromatic rings. The zero-order chi connectivity index (χ0) is 18.8. The highest BCUT2D eigenvalue weighted by Gasteiger charge is 2.35. The fraction of sp³-hybridized carbons (Fsp3) is 0.350. The monoisotopic (exact) mass is 367 g/mol. The number of aryl methyl sites for hydroxylation is 1. The van der Waals surface area contributed by atoms with Gasteiger partial charge in [-0.3, -0.25) is 4.79 Å². The van der Waals surface area contributed by atoms with Gasteiger partial charge in [-0.1, -0.05) is 29.4 Å². The van der Waals surface area contributed by atoms with Gasteiger partial charge in [0.25, 0.3) is 5.91 Å². The van der Waals surface area contributed by atoms with Crippen LogP contribution in [-0.2, 0) is 6.42 Å². The predicted octanol–water partition coefficient (Wildman–Crippen LogP) is 3.88. The van der Waals surface area contributed by atoms with E-state index in [-0.39, 0.29) is 17.7 Å². The molecule has 1 fully saturated rings. The molecule has 3 heterocycles. The number of methoxy groups -OCH3 is 1. The molecule has 7 heteroatoms. The third-order valence-corrected chi connectivity index (χ3v) is 4.87. The molecule has 1 amide bonds. The van der Waals surface area contributed by atoms with Crippen LogP contribution in [0.3, 0.4) is 0 Å². The van der Waals surface area contributed by atoms with E-state index in [0.29, 0.717) is 12.2 Å². The Kier molecular flexibility index (Phi) is 4.66. The molecular weight excluding hydrogens is 346 g/mol. The summed E-state index contributed by atoms with van der Waals surface area (Å²) in [6.45, 7) is 2.68. The first-order chi connectivity index (χ1) is 13.2. The Morgan fingerprint density at radius 3 is 2.93 bits per heavy atom. The molecule has 0 radical (unpaired) electrons. The molecule has 1 aliphatic heterocycles. The highest BCUT2D eigenvalue weighted by molar-refractivity contribution is 5.93. The number of rotatable bonds is 5. The number of carbonyl (C=O) groups is 1. The van der Waals surface area contributed by atoms with Crippen LogP contribution >= 0.6 is 0 Å². The predicted molar refractivity (Wildman–Crippen MR) is 97.4 cm³/mol. The molecule has 1 saturated heterocycles. The van der Waals surface area contributed by atoms with Crippen molar-refractivity contribution >= 4 is 5.91 Å². The van der Waals surface area contributed by atoms with Gasteiger partial charge in [-0.05, 0) is 31.4 Å². The number of aromatic nitrogens is 2. The van der Waals surface area contributed by atoms with Crippen LogP contribution in [0.15, 0.2) is 45.4 Å². The van der Waals surface area contributed by atoms with Crippen LogP contribution in [0.5, 0.6) is 5.75 Å². The Hall–Kier alpha value is -3.09. The molecule has 0 unspecified atom stereocenters. The Morgan fingerprint density at radius 1 is 1.26 bits per heavy atom. The van der Waals surface area contributed by atoms with Crippen LogP contribution in [0.2, 0.25) is 0 Å². The fourth-order valence-electron chi connectivity index (χ4n) is 3.39. The Labute approximate surface area is 156 Å². The van der Waals surface area contributed by atoms with Crippen molar-refractivity contribution in [2.45, 2.75) is 32.2 Å². The number of amides is 1. The number of ether oxygens (including phenoxy) is 1. The van der Waals surface area contributed by atoms with E-state index in [9.17, 15) is 4.79 Å². The minimum atomic E-state index is -0.186. The molecule has 140 valence electrons. The molecule has 0 spiro atoms. The maximum atomic E-state index is 13.0. The van der Waals surface area contributed by atoms with Gasteiger partial charge in [0.15, 0.2) is 5.76 Å². The summed E-state index contributed by atoms with van der Waals surface area (Å²) < 4.78 is 16.0. The minimum absolute atomic E-state index is 0.115. The maximum Gasteiger partial charge on any atom is 0.293 e. The average Bonchev–Trinajstić information content (AvgIpc) is 3.47. The summed E-state index contributed by atoms with van der Waals surface area (Å²) in [5.41, 5.74) is 2.32. The molecule has 2 aromatic heterocycles. The van der Waals surface area contributed by atoms with E-state index in [1.807, 2.05) is 37.3 Å². The van der Waals surface area contributed by atoms with Crippen molar-refractivity contribution in [1.29, 1.82) is 0 Å². The largest absolute Gasteiger partial charge is 0.497 e. The second kappa shape index (κ2) is 7.26. The van der Waals surface area contributed by atoms with E-state index in [4.69, 9.17) is 13.8 Å². The summed E-state index contributed by atoms with van der Waals surface area (Å²) in [6.07, 6.45) is 2.56. The maximum absolute atomic E-state index is 13.0. The first-order valence-electron chi connectivity index (χ1n) is 9.07. The smallest absolute Gasteiger partial charge is 0.293 e. The van der Waals surface area contributed by atoms with Crippen LogP contribution in [0.25, 0.3) is 11.3 Å². The molecule has 1 atom stereocenters. The molecule has 0 bridgehead atoms. The number of likely N-dealkylation sites (tertiary alicyclic amines) is 1. The summed E-state index contributed by atoms with van der Waals surface area (Å²) in [6, 6.07) is 11.0. The molecule has 1 aliphatic rings. The lowest BCUT2D eigenvalue weighted by atomic mass is 10.1. The minimum Gasteiger partial charge on any atom is -0.497 e. The van der Waals surface area contributed by atoms with Crippen molar-refractivity contribution in [3.8, 4) is 17.0 Å². The molecule has 0 aliphatic carbocycles. The lowest BCUT2D eigenvalue weighted by molar-refractivity contribution is 0.0672. The Morgan fingerprint density at radius 2 is 2.15 bits per heavy atom. The second-order valence-corrected chi connectivity index (χ2v) is 6.54. The number of hydrogen-bond acceptors (Lipinski definition) is 6. The van der Waals surface area contributed by atoms with Crippen molar-refractivity contribution in [1.82, 2.24) is 15.2 Å². The van der Waals surface area contributed by atoms with Gasteiger partial charge in [-0.15, -0.1) is 0 Å². The Balaban J connectivity index is 1.56. The highest BCUT2D eigenvalue weighted by atomic mass is 16.5. The molecule has 27 heavy (non-hydrogen) atoms. The van der Waals surface area contributed by atoms with Crippen molar-refractivity contribution in [3.63, 3.8) is 0 Å². The van der Waals surface area contributed by atoms with Crippen molar-refractivity contribution < 1.29 is 18.6 Å². The third kappa shape index (κ3) is 3.32. The molecule has 0 saturated carbocycles. The van der Waals surface area contributed by atoms with Gasteiger partial charge in [0.1, 0.15) is 11.4 Å². The zero-order valence-corrected chi connectivity index (χ0v) is 15.3. The second-order valence-electron chi connectivity index (χ2n) is 6.54. The number of carbonyl (C=O) groups excluding carboxylic acids is 1. The highest BCUT2D eigenvalue weighted by Crippen LogP contribution is 2.34. The first-order valence-corrected chi connectivity index (χ1v) is 9.07. The average molecular weight is 367 g/mol. The molecule has 0 N–H and O–H groups in total. The zero-order valence-electron chi connectivity index (χ0n) is 15.3. The van der Waals surface area contributed by atoms with Gasteiger partial charge in [0.05, 0.1) is 18.8 Å². The van der Waals surface area contributed by atoms with Crippen LogP contribution in [-0.4, -0.2) is 34.8 Å². The summed E-state index contributed by atoms with van der Waals surface area (Å²) in [7, 11) is 1.61. The SMILES string of the molecule is CCc1cc([C@H]2CCCN2C(=O)c2cc(-c3cccc(OC)c3)no2)on1. The number of nitrogens with zero attached hydrogens (tertiary/aromatic N) is 3. The van der Waals surface area contributed by atoms with Gasteiger partial charge in [0, 0.05) is 24.2 Å². The van der Waals surface area contributed by atoms with Crippen molar-refractivity contribution in [2.24, 2.45) is 0 Å². The lowest BCUT2D eigenvalue weighted by Gasteiger charge is -2.20. The molecule has 1 aromatic carbocycles. The van der Waals surface area contributed by atoms with Gasteiger partial charge in [-0.2, -0.15) is 0 Å². The van der Waals surface area contributed by atoms with E-state index in [2.05, 4.69) is 10.3 Å². The van der Waals surface area contributed by atoms with E-state index >= 15 is 0 Å². The topological polar surface area (TPSA) is 81.6 Å². The van der Waals surface area contributed by atoms with Gasteiger partial charge < -0.3 is 18.7 Å². The summed E-state index contributed by atoms with van der Waals surface area (Å²) >= 11 is 0. The summed E-state index contributed by atoms with van der Waals surface area (Å²) in [5.74, 6) is 1.48. The van der Waals surface area contributed by atoms with Crippen LogP contribution < -0.4 is 4.74 Å². The van der Waals surface area contributed by atoms with E-state index in [1.54, 1.807) is 18.1 Å². The van der Waals surface area contributed by atoms with E-state index < -0.39 is 0 Å². The first kappa shape index (κ1) is 17.3.